The molecule has 0 aromatic heterocycles. The van der Waals surface area contributed by atoms with Gasteiger partial charge >= 0.3 is 0 Å². The zero-order chi connectivity index (χ0) is 14.7. The van der Waals surface area contributed by atoms with Crippen molar-refractivity contribution in [3.8, 4) is 0 Å². The molecule has 0 saturated carbocycles. The third-order valence-electron chi connectivity index (χ3n) is 1.15. The average Bonchev–Trinajstić information content (AvgIpc) is 2.17. The SMILES string of the molecule is CCOP(=S)([S-])OCC.CCOP(=S)([S-])OCC.[Mo].[S-2].[S-2]. The molecule has 13 heteroatoms. The molecular formula is C8H20MoO4P2S6-6. The van der Waals surface area contributed by atoms with Crippen LogP contribution in [0.1, 0.15) is 27.7 Å². The molecule has 134 valence electrons. The second kappa shape index (κ2) is 21.3. The van der Waals surface area contributed by atoms with Gasteiger partial charge in [0.05, 0.1) is 11.4 Å². The molecule has 0 N–H and O–H groups in total. The summed E-state index contributed by atoms with van der Waals surface area (Å²) in [7, 11) is 0. The van der Waals surface area contributed by atoms with E-state index in [1.165, 1.54) is 0 Å². The van der Waals surface area contributed by atoms with Crippen LogP contribution in [0.2, 0.25) is 0 Å². The first-order chi connectivity index (χ1) is 8.24. The van der Waals surface area contributed by atoms with Crippen molar-refractivity contribution >= 4 is 86.5 Å². The first-order valence-corrected chi connectivity index (χ1v) is 12.7. The van der Waals surface area contributed by atoms with Crippen LogP contribution < -0.4 is 0 Å². The summed E-state index contributed by atoms with van der Waals surface area (Å²) in [6.07, 6.45) is 0. The number of rotatable bonds is 8. The number of hydrogen-bond donors (Lipinski definition) is 0. The topological polar surface area (TPSA) is 36.9 Å². The summed E-state index contributed by atoms with van der Waals surface area (Å²) in [4.78, 5) is 0. The molecule has 0 amide bonds. The Labute approximate surface area is 178 Å². The van der Waals surface area contributed by atoms with Crippen LogP contribution in [-0.4, -0.2) is 26.4 Å². The average molecular weight is 531 g/mol. The monoisotopic (exact) mass is 532 g/mol. The van der Waals surface area contributed by atoms with E-state index in [4.69, 9.17) is 66.2 Å². The van der Waals surface area contributed by atoms with Gasteiger partial charge in [-0.05, 0) is 27.7 Å². The minimum absolute atomic E-state index is 0. The Morgan fingerprint density at radius 2 is 0.810 bits per heavy atom. The smallest absolute Gasteiger partial charge is 0.0563 e. The molecule has 0 unspecified atom stereocenters. The van der Waals surface area contributed by atoms with E-state index in [1.807, 2.05) is 27.7 Å². The molecule has 0 aliphatic rings. The third kappa shape index (κ3) is 28.3. The molecule has 0 saturated heterocycles. The van der Waals surface area contributed by atoms with Crippen molar-refractivity contribution in [1.82, 2.24) is 0 Å². The van der Waals surface area contributed by atoms with Crippen LogP contribution in [0.25, 0.3) is 0 Å². The van der Waals surface area contributed by atoms with E-state index in [1.54, 1.807) is 0 Å². The first-order valence-electron chi connectivity index (χ1n) is 5.44. The van der Waals surface area contributed by atoms with E-state index in [0.29, 0.717) is 26.4 Å². The molecule has 0 rings (SSSR count). The minimum Gasteiger partial charge on any atom is -2.00 e. The first kappa shape index (κ1) is 35.4. The maximum Gasteiger partial charge on any atom is 0.0563 e. The molecule has 0 atom stereocenters. The van der Waals surface area contributed by atoms with Gasteiger partial charge in [-0.3, -0.25) is 0 Å². The van der Waals surface area contributed by atoms with Crippen LogP contribution in [0, 0.1) is 0 Å². The van der Waals surface area contributed by atoms with Gasteiger partial charge < -0.3 is 69.6 Å². The Kier molecular flexibility index (Phi) is 35.8. The Hall–Kier alpha value is 3.23. The molecule has 0 spiro atoms. The van der Waals surface area contributed by atoms with Gasteiger partial charge in [-0.25, -0.2) is 0 Å². The van der Waals surface area contributed by atoms with E-state index >= 15 is 0 Å². The molecular weight excluding hydrogens is 510 g/mol. The fourth-order valence-corrected chi connectivity index (χ4v) is 4.65. The van der Waals surface area contributed by atoms with Crippen LogP contribution >= 0.6 is 11.4 Å². The molecule has 0 bridgehead atoms. The van der Waals surface area contributed by atoms with Gasteiger partial charge in [0.2, 0.25) is 0 Å². The van der Waals surface area contributed by atoms with Crippen molar-refractivity contribution in [2.45, 2.75) is 27.7 Å². The molecule has 0 aliphatic heterocycles. The van der Waals surface area contributed by atoms with Crippen molar-refractivity contribution in [2.24, 2.45) is 0 Å². The molecule has 0 radical (unpaired) electrons. The normalized spacial score (nSPS) is 10.2. The second-order valence-corrected chi connectivity index (χ2v) is 12.5. The quantitative estimate of drug-likeness (QED) is 0.268. The second-order valence-electron chi connectivity index (χ2n) is 2.57. The summed E-state index contributed by atoms with van der Waals surface area (Å²) in [5, 5.41) is 0. The summed E-state index contributed by atoms with van der Waals surface area (Å²) >= 11 is 19.3. The Morgan fingerprint density at radius 1 is 0.667 bits per heavy atom. The zero-order valence-electron chi connectivity index (χ0n) is 12.2. The van der Waals surface area contributed by atoms with Gasteiger partial charge in [0, 0.05) is 47.5 Å². The maximum atomic E-state index is 4.99. The van der Waals surface area contributed by atoms with E-state index in [9.17, 15) is 0 Å². The molecule has 0 aromatic rings. The molecule has 0 aromatic carbocycles. The van der Waals surface area contributed by atoms with Crippen LogP contribution in [0.5, 0.6) is 0 Å². The minimum atomic E-state index is -2.28. The maximum absolute atomic E-state index is 4.99. The standard InChI is InChI=1S/2C4H11O2PS2.Mo.2S/c2*1-3-5-7(8,9)6-4-2;;;/h2*3-4H2,1-2H3,(H,8,9);;;/q;;;2*-2/p-2. The summed E-state index contributed by atoms with van der Waals surface area (Å²) in [5.41, 5.74) is -4.55. The van der Waals surface area contributed by atoms with Crippen molar-refractivity contribution in [3.63, 3.8) is 0 Å². The van der Waals surface area contributed by atoms with Gasteiger partial charge in [0.1, 0.15) is 0 Å². The van der Waals surface area contributed by atoms with Crippen LogP contribution in [0.15, 0.2) is 0 Å². The Balaban J connectivity index is -0.0000000711. The van der Waals surface area contributed by atoms with Gasteiger partial charge in [-0.15, -0.1) is 0 Å². The van der Waals surface area contributed by atoms with Crippen molar-refractivity contribution in [1.29, 1.82) is 0 Å². The van der Waals surface area contributed by atoms with Crippen molar-refractivity contribution < 1.29 is 39.2 Å². The van der Waals surface area contributed by atoms with Gasteiger partial charge in [0.25, 0.3) is 0 Å². The molecule has 21 heavy (non-hydrogen) atoms. The Morgan fingerprint density at radius 3 is 0.905 bits per heavy atom. The van der Waals surface area contributed by atoms with Crippen LogP contribution in [0.4, 0.5) is 0 Å². The fraction of sp³-hybridized carbons (Fsp3) is 1.00. The Bertz CT molecular complexity index is 252. The van der Waals surface area contributed by atoms with Crippen molar-refractivity contribution in [2.75, 3.05) is 26.4 Å². The van der Waals surface area contributed by atoms with Crippen molar-refractivity contribution in [3.05, 3.63) is 0 Å². The zero-order valence-corrected chi connectivity index (χ0v) is 20.9. The molecule has 4 nitrogen and oxygen atoms in total. The number of hydrogen-bond acceptors (Lipinski definition) is 8. The molecule has 0 heterocycles. The predicted octanol–water partition coefficient (Wildman–Crippen LogP) is 3.65. The summed E-state index contributed by atoms with van der Waals surface area (Å²) in [6.45, 7) is 9.58. The summed E-state index contributed by atoms with van der Waals surface area (Å²) in [6, 6.07) is 0. The van der Waals surface area contributed by atoms with Gasteiger partial charge in [-0.2, -0.15) is 0 Å². The van der Waals surface area contributed by atoms with E-state index in [2.05, 4.69) is 0 Å². The van der Waals surface area contributed by atoms with Crippen LogP contribution in [-0.2, 0) is 114 Å². The largest absolute Gasteiger partial charge is 2.00 e. The van der Waals surface area contributed by atoms with E-state index in [-0.39, 0.29) is 48.1 Å². The van der Waals surface area contributed by atoms with Crippen LogP contribution in [0.3, 0.4) is 0 Å². The summed E-state index contributed by atoms with van der Waals surface area (Å²) in [5.74, 6) is 0. The summed E-state index contributed by atoms with van der Waals surface area (Å²) < 4.78 is 20.0. The van der Waals surface area contributed by atoms with Gasteiger partial charge in [-0.1, -0.05) is 23.6 Å². The predicted molar refractivity (Wildman–Crippen MR) is 105 cm³/mol. The van der Waals surface area contributed by atoms with E-state index in [0.717, 1.165) is 0 Å². The van der Waals surface area contributed by atoms with E-state index < -0.39 is 11.4 Å². The fourth-order valence-electron chi connectivity index (χ4n) is 0.707. The molecule has 0 fully saturated rings. The van der Waals surface area contributed by atoms with Gasteiger partial charge in [0.15, 0.2) is 0 Å². The third-order valence-corrected chi connectivity index (χ3v) is 5.98. The molecule has 0 aliphatic carbocycles.